The van der Waals surface area contributed by atoms with Crippen LogP contribution in [0.4, 0.5) is 5.82 Å². The van der Waals surface area contributed by atoms with E-state index < -0.39 is 0 Å². The Morgan fingerprint density at radius 1 is 1.11 bits per heavy atom. The number of carbonyl (C=O) groups excluding carboxylic acids is 2. The molecule has 2 aromatic heterocycles. The van der Waals surface area contributed by atoms with Gasteiger partial charge in [-0.2, -0.15) is 5.10 Å². The molecule has 2 atom stereocenters. The number of aryl methyl sites for hydroxylation is 2. The first-order chi connectivity index (χ1) is 18.4. The molecule has 5 rings (SSSR count). The van der Waals surface area contributed by atoms with Crippen LogP contribution in [0.15, 0.2) is 66.0 Å². The van der Waals surface area contributed by atoms with E-state index in [2.05, 4.69) is 35.8 Å². The molecule has 3 heterocycles. The van der Waals surface area contributed by atoms with Gasteiger partial charge >= 0.3 is 0 Å². The van der Waals surface area contributed by atoms with Gasteiger partial charge in [0, 0.05) is 22.0 Å². The van der Waals surface area contributed by atoms with Crippen molar-refractivity contribution in [3.05, 3.63) is 87.6 Å². The molecule has 1 N–H and O–H groups in total. The van der Waals surface area contributed by atoms with Gasteiger partial charge in [-0.15, -0.1) is 23.1 Å². The van der Waals surface area contributed by atoms with Crippen molar-refractivity contribution in [1.82, 2.24) is 15.1 Å². The van der Waals surface area contributed by atoms with Crippen LogP contribution in [0.1, 0.15) is 47.1 Å². The Morgan fingerprint density at radius 3 is 2.50 bits per heavy atom. The highest BCUT2D eigenvalue weighted by Gasteiger charge is 2.38. The molecule has 6 nitrogen and oxygen atoms in total. The number of nitrogens with one attached hydrogen (secondary N) is 1. The molecule has 1 aliphatic rings. The van der Waals surface area contributed by atoms with Gasteiger partial charge in [0.15, 0.2) is 0 Å². The number of fused-ring (bicyclic) bond motifs is 1. The molecule has 0 aliphatic carbocycles. The molecule has 1 aliphatic heterocycles. The number of aromatic nitrogens is 2. The highest BCUT2D eigenvalue weighted by atomic mass is 32.2. The Morgan fingerprint density at radius 2 is 1.84 bits per heavy atom. The van der Waals surface area contributed by atoms with Crippen molar-refractivity contribution in [3.63, 3.8) is 0 Å². The van der Waals surface area contributed by atoms with Crippen LogP contribution < -0.4 is 10.2 Å². The third-order valence-corrected chi connectivity index (χ3v) is 9.33. The summed E-state index contributed by atoms with van der Waals surface area (Å²) in [7, 11) is 0. The third-order valence-electron chi connectivity index (χ3n) is 6.88. The van der Waals surface area contributed by atoms with E-state index in [9.17, 15) is 9.59 Å². The molecule has 0 fully saturated rings. The van der Waals surface area contributed by atoms with Gasteiger partial charge in [-0.05, 0) is 56.3 Å². The Hall–Kier alpha value is -3.36. The van der Waals surface area contributed by atoms with E-state index in [-0.39, 0.29) is 35.4 Å². The fourth-order valence-corrected chi connectivity index (χ4v) is 7.09. The Labute approximate surface area is 232 Å². The lowest BCUT2D eigenvalue weighted by Crippen LogP contribution is -2.44. The molecule has 0 radical (unpaired) electrons. The predicted octanol–water partition coefficient (Wildman–Crippen LogP) is 6.30. The molecule has 0 saturated carbocycles. The van der Waals surface area contributed by atoms with E-state index in [1.165, 1.54) is 10.4 Å². The van der Waals surface area contributed by atoms with E-state index >= 15 is 0 Å². The molecule has 2 aromatic carbocycles. The number of benzene rings is 2. The summed E-state index contributed by atoms with van der Waals surface area (Å²) in [6.45, 7) is 8.11. The van der Waals surface area contributed by atoms with Crippen molar-refractivity contribution >= 4 is 40.7 Å². The van der Waals surface area contributed by atoms with Gasteiger partial charge in [0.25, 0.3) is 0 Å². The number of carbonyl (C=O) groups is 2. The lowest BCUT2D eigenvalue weighted by Gasteiger charge is -2.24. The number of amides is 2. The summed E-state index contributed by atoms with van der Waals surface area (Å²) in [5, 5.41) is 10.2. The summed E-state index contributed by atoms with van der Waals surface area (Å²) in [4.78, 5) is 29.7. The van der Waals surface area contributed by atoms with Gasteiger partial charge in [-0.1, -0.05) is 55.0 Å². The molecule has 8 heteroatoms. The largest absolute Gasteiger partial charge is 0.352 e. The molecule has 0 spiro atoms. The van der Waals surface area contributed by atoms with Gasteiger partial charge in [0.2, 0.25) is 11.8 Å². The molecule has 0 unspecified atom stereocenters. The van der Waals surface area contributed by atoms with Crippen molar-refractivity contribution in [2.75, 3.05) is 17.2 Å². The summed E-state index contributed by atoms with van der Waals surface area (Å²) in [6, 6.07) is 20.4. The average molecular weight is 545 g/mol. The van der Waals surface area contributed by atoms with E-state index in [1.807, 2.05) is 67.9 Å². The van der Waals surface area contributed by atoms with Gasteiger partial charge in [-0.25, -0.2) is 4.68 Å². The lowest BCUT2D eigenvalue weighted by atomic mass is 10.0. The summed E-state index contributed by atoms with van der Waals surface area (Å²) < 4.78 is 1.85. The number of hydrogen-bond donors (Lipinski definition) is 1. The first-order valence-corrected chi connectivity index (χ1v) is 14.8. The summed E-state index contributed by atoms with van der Waals surface area (Å²) >= 11 is 3.31. The zero-order valence-corrected chi connectivity index (χ0v) is 23.7. The van der Waals surface area contributed by atoms with Crippen LogP contribution in [-0.4, -0.2) is 39.9 Å². The fourth-order valence-electron chi connectivity index (χ4n) is 4.62. The van der Waals surface area contributed by atoms with E-state index in [1.54, 1.807) is 28.0 Å². The Bertz CT molecular complexity index is 1440. The Balaban J connectivity index is 1.77. The molecule has 196 valence electrons. The monoisotopic (exact) mass is 544 g/mol. The topological polar surface area (TPSA) is 67.2 Å². The SMILES string of the molecule is CC[C@H](C)NC(=O)CN1C(=O)CS[C@H](c2sccc2C)c2c(-c3ccccc3)nn(-c3ccc(C)cc3)c21. The van der Waals surface area contributed by atoms with E-state index in [0.29, 0.717) is 5.82 Å². The van der Waals surface area contributed by atoms with Crippen molar-refractivity contribution in [1.29, 1.82) is 0 Å². The molecular formula is C30H32N4O2S2. The maximum Gasteiger partial charge on any atom is 0.240 e. The molecule has 0 bridgehead atoms. The van der Waals surface area contributed by atoms with Crippen LogP contribution in [0, 0.1) is 13.8 Å². The van der Waals surface area contributed by atoms with Crippen LogP contribution >= 0.6 is 23.1 Å². The second-order valence-corrected chi connectivity index (χ2v) is 11.8. The van der Waals surface area contributed by atoms with Gasteiger partial charge in [0.05, 0.1) is 22.4 Å². The summed E-state index contributed by atoms with van der Waals surface area (Å²) in [6.07, 6.45) is 0.819. The summed E-state index contributed by atoms with van der Waals surface area (Å²) in [5.41, 5.74) is 5.95. The molecular weight excluding hydrogens is 512 g/mol. The van der Waals surface area contributed by atoms with Crippen LogP contribution in [-0.2, 0) is 9.59 Å². The maximum absolute atomic E-state index is 13.7. The van der Waals surface area contributed by atoms with Crippen LogP contribution in [0.2, 0.25) is 0 Å². The average Bonchev–Trinajstić information content (AvgIpc) is 3.49. The van der Waals surface area contributed by atoms with Crippen molar-refractivity contribution < 1.29 is 9.59 Å². The number of nitrogens with zero attached hydrogens (tertiary/aromatic N) is 3. The highest BCUT2D eigenvalue weighted by molar-refractivity contribution is 8.00. The molecule has 2 amide bonds. The minimum atomic E-state index is -0.174. The third kappa shape index (κ3) is 5.15. The minimum Gasteiger partial charge on any atom is -0.352 e. The van der Waals surface area contributed by atoms with E-state index in [4.69, 9.17) is 5.10 Å². The zero-order valence-electron chi connectivity index (χ0n) is 22.1. The smallest absolute Gasteiger partial charge is 0.240 e. The number of thioether (sulfide) groups is 1. The minimum absolute atomic E-state index is 0.0295. The van der Waals surface area contributed by atoms with Crippen LogP contribution in [0.25, 0.3) is 16.9 Å². The molecule has 4 aromatic rings. The number of anilines is 1. The van der Waals surface area contributed by atoms with Gasteiger partial charge < -0.3 is 5.32 Å². The lowest BCUT2D eigenvalue weighted by molar-refractivity contribution is -0.123. The quantitative estimate of drug-likeness (QED) is 0.296. The van der Waals surface area contributed by atoms with Gasteiger partial charge in [0.1, 0.15) is 12.4 Å². The second kappa shape index (κ2) is 11.2. The first kappa shape index (κ1) is 26.3. The zero-order chi connectivity index (χ0) is 26.8. The first-order valence-electron chi connectivity index (χ1n) is 12.9. The van der Waals surface area contributed by atoms with Crippen molar-refractivity contribution in [2.24, 2.45) is 0 Å². The van der Waals surface area contributed by atoms with Crippen LogP contribution in [0.3, 0.4) is 0 Å². The highest BCUT2D eigenvalue weighted by Crippen LogP contribution is 2.50. The number of thiophene rings is 1. The standard InChI is InChI=1S/C30H32N4O2S2/c1-5-21(4)31-24(35)17-33-25(36)18-38-29(28-20(3)15-16-37-28)26-27(22-9-7-6-8-10-22)32-34(30(26)33)23-13-11-19(2)12-14-23/h6-16,21,29H,5,17-18H2,1-4H3,(H,31,35)/t21-,29-/m0/s1. The van der Waals surface area contributed by atoms with Crippen LogP contribution in [0.5, 0.6) is 0 Å². The van der Waals surface area contributed by atoms with Crippen molar-refractivity contribution in [3.8, 4) is 16.9 Å². The Kier molecular flexibility index (Phi) is 7.72. The number of hydrogen-bond acceptors (Lipinski definition) is 5. The fraction of sp³-hybridized carbons (Fsp3) is 0.300. The molecule has 38 heavy (non-hydrogen) atoms. The maximum atomic E-state index is 13.7. The van der Waals surface area contributed by atoms with Crippen molar-refractivity contribution in [2.45, 2.75) is 45.4 Å². The number of rotatable bonds is 7. The molecule has 0 saturated heterocycles. The van der Waals surface area contributed by atoms with E-state index in [0.717, 1.165) is 34.5 Å². The van der Waals surface area contributed by atoms with Gasteiger partial charge in [-0.3, -0.25) is 14.5 Å². The normalized spacial score (nSPS) is 16.2. The predicted molar refractivity (Wildman–Crippen MR) is 157 cm³/mol. The second-order valence-electron chi connectivity index (χ2n) is 9.71. The summed E-state index contributed by atoms with van der Waals surface area (Å²) in [5.74, 6) is 0.669.